The van der Waals surface area contributed by atoms with Crippen LogP contribution < -0.4 is 5.73 Å². The Balaban J connectivity index is 2.12. The van der Waals surface area contributed by atoms with Crippen molar-refractivity contribution in [2.24, 2.45) is 0 Å². The van der Waals surface area contributed by atoms with Gasteiger partial charge in [0.15, 0.2) is 5.13 Å². The highest BCUT2D eigenvalue weighted by Crippen LogP contribution is 2.11. The molecule has 0 unspecified atom stereocenters. The van der Waals surface area contributed by atoms with Crippen molar-refractivity contribution in [1.82, 2.24) is 9.88 Å². The summed E-state index contributed by atoms with van der Waals surface area (Å²) >= 11 is 1.50. The molecule has 0 atom stereocenters. The zero-order chi connectivity index (χ0) is 12.0. The van der Waals surface area contributed by atoms with E-state index < -0.39 is 0 Å². The van der Waals surface area contributed by atoms with Crippen molar-refractivity contribution in [2.75, 3.05) is 32.5 Å². The van der Waals surface area contributed by atoms with E-state index in [0.29, 0.717) is 11.2 Å². The van der Waals surface area contributed by atoms with Gasteiger partial charge in [-0.2, -0.15) is 0 Å². The van der Waals surface area contributed by atoms with Crippen molar-refractivity contribution in [1.29, 1.82) is 0 Å². The highest BCUT2D eigenvalue weighted by atomic mass is 32.1. The van der Waals surface area contributed by atoms with E-state index in [4.69, 9.17) is 10.5 Å². The summed E-state index contributed by atoms with van der Waals surface area (Å²) in [6, 6.07) is 0. The van der Waals surface area contributed by atoms with Gasteiger partial charge in [-0.15, -0.1) is 11.3 Å². The molecule has 0 amide bonds. The van der Waals surface area contributed by atoms with Crippen molar-refractivity contribution in [3.63, 3.8) is 0 Å². The van der Waals surface area contributed by atoms with Crippen LogP contribution in [-0.2, 0) is 11.2 Å². The zero-order valence-corrected chi connectivity index (χ0v) is 11.1. The average molecular weight is 243 g/mol. The van der Waals surface area contributed by atoms with E-state index >= 15 is 0 Å². The molecule has 0 radical (unpaired) electrons. The predicted octanol–water partition coefficient (Wildman–Crippen LogP) is 1.62. The van der Waals surface area contributed by atoms with Gasteiger partial charge < -0.3 is 15.4 Å². The summed E-state index contributed by atoms with van der Waals surface area (Å²) in [4.78, 5) is 6.48. The maximum Gasteiger partial charge on any atom is 0.180 e. The molecule has 5 heteroatoms. The van der Waals surface area contributed by atoms with Crippen LogP contribution in [0.4, 0.5) is 5.13 Å². The number of anilines is 1. The Morgan fingerprint density at radius 3 is 2.81 bits per heavy atom. The third-order valence-electron chi connectivity index (χ3n) is 2.24. The summed E-state index contributed by atoms with van der Waals surface area (Å²) in [6.07, 6.45) is 1.26. The minimum Gasteiger partial charge on any atom is -0.377 e. The van der Waals surface area contributed by atoms with Crippen molar-refractivity contribution in [3.8, 4) is 0 Å². The number of ether oxygens (including phenoxy) is 1. The summed E-state index contributed by atoms with van der Waals surface area (Å²) in [5.74, 6) is 0. The lowest BCUT2D eigenvalue weighted by atomic mass is 10.3. The molecule has 1 aromatic heterocycles. The SMILES string of the molecule is CC(C)OCCN(C)CCc1csc(N)n1. The van der Waals surface area contributed by atoms with Gasteiger partial charge >= 0.3 is 0 Å². The molecule has 1 heterocycles. The molecule has 0 aromatic carbocycles. The normalized spacial score (nSPS) is 11.6. The number of thiazole rings is 1. The Morgan fingerprint density at radius 2 is 2.25 bits per heavy atom. The summed E-state index contributed by atoms with van der Waals surface area (Å²) in [6.45, 7) is 6.84. The number of nitrogens with zero attached hydrogens (tertiary/aromatic N) is 2. The molecule has 0 aliphatic carbocycles. The second-order valence-electron chi connectivity index (χ2n) is 4.15. The lowest BCUT2D eigenvalue weighted by Crippen LogP contribution is -2.26. The lowest BCUT2D eigenvalue weighted by Gasteiger charge is -2.16. The topological polar surface area (TPSA) is 51.4 Å². The van der Waals surface area contributed by atoms with Crippen molar-refractivity contribution in [3.05, 3.63) is 11.1 Å². The number of rotatable bonds is 7. The molecule has 0 saturated carbocycles. The third-order valence-corrected chi connectivity index (χ3v) is 2.97. The second kappa shape index (κ2) is 6.83. The van der Waals surface area contributed by atoms with Crippen LogP contribution in [-0.4, -0.2) is 42.7 Å². The number of hydrogen-bond donors (Lipinski definition) is 1. The molecule has 0 saturated heterocycles. The monoisotopic (exact) mass is 243 g/mol. The highest BCUT2D eigenvalue weighted by molar-refractivity contribution is 7.13. The molecule has 1 rings (SSSR count). The summed E-state index contributed by atoms with van der Waals surface area (Å²) in [5.41, 5.74) is 6.65. The number of nitrogens with two attached hydrogens (primary N) is 1. The largest absolute Gasteiger partial charge is 0.377 e. The molecule has 0 spiro atoms. The Labute approximate surface area is 101 Å². The van der Waals surface area contributed by atoms with Crippen LogP contribution in [0, 0.1) is 0 Å². The van der Waals surface area contributed by atoms with E-state index in [2.05, 4.69) is 30.8 Å². The van der Waals surface area contributed by atoms with Crippen LogP contribution in [0.1, 0.15) is 19.5 Å². The quantitative estimate of drug-likeness (QED) is 0.790. The van der Waals surface area contributed by atoms with Crippen LogP contribution >= 0.6 is 11.3 Å². The van der Waals surface area contributed by atoms with Gasteiger partial charge in [0.2, 0.25) is 0 Å². The Morgan fingerprint density at radius 1 is 1.50 bits per heavy atom. The minimum absolute atomic E-state index is 0.312. The fourth-order valence-corrected chi connectivity index (χ4v) is 1.90. The van der Waals surface area contributed by atoms with E-state index in [1.165, 1.54) is 11.3 Å². The predicted molar refractivity (Wildman–Crippen MR) is 68.8 cm³/mol. The summed E-state index contributed by atoms with van der Waals surface area (Å²) in [5, 5.41) is 2.68. The first-order valence-electron chi connectivity index (χ1n) is 5.58. The molecule has 2 N–H and O–H groups in total. The molecular weight excluding hydrogens is 222 g/mol. The number of hydrogen-bond acceptors (Lipinski definition) is 5. The Kier molecular flexibility index (Phi) is 5.73. The van der Waals surface area contributed by atoms with E-state index in [0.717, 1.165) is 31.8 Å². The number of likely N-dealkylation sites (N-methyl/N-ethyl adjacent to an activating group) is 1. The maximum absolute atomic E-state index is 5.57. The van der Waals surface area contributed by atoms with Crippen molar-refractivity contribution in [2.45, 2.75) is 26.4 Å². The van der Waals surface area contributed by atoms with Crippen LogP contribution in [0.5, 0.6) is 0 Å². The summed E-state index contributed by atoms with van der Waals surface area (Å²) in [7, 11) is 2.10. The fourth-order valence-electron chi connectivity index (χ4n) is 1.30. The van der Waals surface area contributed by atoms with Gasteiger partial charge in [0.05, 0.1) is 18.4 Å². The van der Waals surface area contributed by atoms with E-state index in [-0.39, 0.29) is 0 Å². The van der Waals surface area contributed by atoms with Crippen molar-refractivity contribution < 1.29 is 4.74 Å². The first-order chi connectivity index (χ1) is 7.58. The van der Waals surface area contributed by atoms with Gasteiger partial charge in [0, 0.05) is 24.9 Å². The van der Waals surface area contributed by atoms with E-state index in [9.17, 15) is 0 Å². The van der Waals surface area contributed by atoms with E-state index in [1.54, 1.807) is 0 Å². The first-order valence-corrected chi connectivity index (χ1v) is 6.46. The highest BCUT2D eigenvalue weighted by Gasteiger charge is 2.03. The van der Waals surface area contributed by atoms with Crippen LogP contribution in [0.25, 0.3) is 0 Å². The maximum atomic E-state index is 5.57. The molecule has 1 aromatic rings. The zero-order valence-electron chi connectivity index (χ0n) is 10.3. The van der Waals surface area contributed by atoms with Crippen molar-refractivity contribution >= 4 is 16.5 Å². The van der Waals surface area contributed by atoms with Gasteiger partial charge in [-0.05, 0) is 20.9 Å². The molecule has 0 aliphatic heterocycles. The van der Waals surface area contributed by atoms with Crippen LogP contribution in [0.2, 0.25) is 0 Å². The molecule has 0 fully saturated rings. The molecule has 4 nitrogen and oxygen atoms in total. The van der Waals surface area contributed by atoms with Gasteiger partial charge in [0.25, 0.3) is 0 Å². The fraction of sp³-hybridized carbons (Fsp3) is 0.727. The summed E-state index contributed by atoms with van der Waals surface area (Å²) < 4.78 is 5.49. The third kappa shape index (κ3) is 5.44. The smallest absolute Gasteiger partial charge is 0.180 e. The Bertz CT molecular complexity index is 301. The second-order valence-corrected chi connectivity index (χ2v) is 5.04. The molecule has 0 aliphatic rings. The van der Waals surface area contributed by atoms with Gasteiger partial charge in [0.1, 0.15) is 0 Å². The van der Waals surface area contributed by atoms with Gasteiger partial charge in [-0.25, -0.2) is 4.98 Å². The number of nitrogen functional groups attached to an aromatic ring is 1. The standard InChI is InChI=1S/C11H21N3OS/c1-9(2)15-7-6-14(3)5-4-10-8-16-11(12)13-10/h8-9H,4-7H2,1-3H3,(H2,12,13). The van der Waals surface area contributed by atoms with Crippen LogP contribution in [0.15, 0.2) is 5.38 Å². The van der Waals surface area contributed by atoms with E-state index in [1.807, 2.05) is 5.38 Å². The minimum atomic E-state index is 0.312. The van der Waals surface area contributed by atoms with Crippen LogP contribution in [0.3, 0.4) is 0 Å². The molecular formula is C11H21N3OS. The van der Waals surface area contributed by atoms with Gasteiger partial charge in [-0.1, -0.05) is 0 Å². The lowest BCUT2D eigenvalue weighted by molar-refractivity contribution is 0.0640. The molecule has 0 bridgehead atoms. The first kappa shape index (κ1) is 13.4. The molecule has 92 valence electrons. The Hall–Kier alpha value is -0.650. The van der Waals surface area contributed by atoms with Gasteiger partial charge in [-0.3, -0.25) is 0 Å². The number of aromatic nitrogens is 1. The molecule has 16 heavy (non-hydrogen) atoms. The average Bonchev–Trinajstić information content (AvgIpc) is 2.61.